The smallest absolute Gasteiger partial charge is 0.330 e. The van der Waals surface area contributed by atoms with Gasteiger partial charge in [0.25, 0.3) is 11.8 Å². The first-order chi connectivity index (χ1) is 15.5. The van der Waals surface area contributed by atoms with Crippen molar-refractivity contribution in [3.05, 3.63) is 65.2 Å². The summed E-state index contributed by atoms with van der Waals surface area (Å²) < 4.78 is 0. The van der Waals surface area contributed by atoms with Crippen LogP contribution in [-0.4, -0.2) is 28.8 Å². The Morgan fingerprint density at radius 1 is 0.812 bits per heavy atom. The number of carbonyl (C=O) groups is 4. The number of rotatable bonds is 6. The maximum Gasteiger partial charge on any atom is 0.333 e. The second kappa shape index (κ2) is 9.60. The minimum absolute atomic E-state index is 0.0270. The van der Waals surface area contributed by atoms with Crippen LogP contribution in [0.2, 0.25) is 0 Å². The lowest BCUT2D eigenvalue weighted by Crippen LogP contribution is -2.32. The number of anilines is 1. The number of hydrogen-bond acceptors (Lipinski definition) is 5. The zero-order chi connectivity index (χ0) is 22.5. The van der Waals surface area contributed by atoms with E-state index in [9.17, 15) is 19.2 Å². The van der Waals surface area contributed by atoms with Crippen LogP contribution >= 0.6 is 0 Å². The molecule has 1 saturated heterocycles. The minimum atomic E-state index is -0.642. The van der Waals surface area contributed by atoms with E-state index >= 15 is 0 Å². The van der Waals surface area contributed by atoms with E-state index in [0.717, 1.165) is 22.4 Å². The van der Waals surface area contributed by atoms with Crippen molar-refractivity contribution in [3.63, 3.8) is 0 Å². The molecule has 0 unspecified atom stereocenters. The normalized spacial score (nSPS) is 16.1. The van der Waals surface area contributed by atoms with Crippen molar-refractivity contribution in [3.8, 4) is 0 Å². The summed E-state index contributed by atoms with van der Waals surface area (Å²) in [6.07, 6.45) is 5.44. The van der Waals surface area contributed by atoms with Crippen molar-refractivity contribution in [2.24, 2.45) is 0 Å². The highest BCUT2D eigenvalue weighted by atomic mass is 16.7. The lowest BCUT2D eigenvalue weighted by molar-refractivity contribution is -0.197. The fraction of sp³-hybridized carbons (Fsp3) is 0.280. The van der Waals surface area contributed by atoms with E-state index in [0.29, 0.717) is 24.4 Å². The third kappa shape index (κ3) is 4.77. The van der Waals surface area contributed by atoms with Crippen LogP contribution in [0, 0.1) is 0 Å². The lowest BCUT2D eigenvalue weighted by Gasteiger charge is -2.27. The molecule has 0 radical (unpaired) electrons. The molecule has 7 nitrogen and oxygen atoms in total. The quantitative estimate of drug-likeness (QED) is 0.511. The third-order valence-corrected chi connectivity index (χ3v) is 5.58. The summed E-state index contributed by atoms with van der Waals surface area (Å²) in [5.41, 5.74) is 3.97. The first kappa shape index (κ1) is 21.5. The van der Waals surface area contributed by atoms with Gasteiger partial charge >= 0.3 is 5.97 Å². The number of unbranched alkanes of at least 4 members (excludes halogenated alkanes) is 1. The van der Waals surface area contributed by atoms with Crippen LogP contribution in [0.5, 0.6) is 0 Å². The Labute approximate surface area is 186 Å². The Bertz CT molecular complexity index is 1080. The van der Waals surface area contributed by atoms with E-state index in [1.54, 1.807) is 4.90 Å². The molecule has 3 amide bonds. The van der Waals surface area contributed by atoms with Gasteiger partial charge in [-0.3, -0.25) is 14.4 Å². The number of nitrogens with zero attached hydrogens (tertiary/aromatic N) is 2. The number of fused-ring (bicyclic) bond motifs is 2. The van der Waals surface area contributed by atoms with Crippen molar-refractivity contribution in [1.29, 1.82) is 0 Å². The largest absolute Gasteiger partial charge is 0.333 e. The first-order valence-corrected chi connectivity index (χ1v) is 10.7. The molecule has 2 aromatic rings. The average Bonchev–Trinajstić information content (AvgIpc) is 3.10. The molecular formula is C25H24N2O5. The first-order valence-electron chi connectivity index (χ1n) is 10.7. The number of hydrogen-bond donors (Lipinski definition) is 0. The maximum atomic E-state index is 13.1. The molecule has 164 valence electrons. The molecule has 7 heteroatoms. The lowest BCUT2D eigenvalue weighted by atomic mass is 10.0. The number of hydroxylamine groups is 2. The topological polar surface area (TPSA) is 84.0 Å². The van der Waals surface area contributed by atoms with E-state index in [1.165, 1.54) is 0 Å². The van der Waals surface area contributed by atoms with Crippen LogP contribution < -0.4 is 4.90 Å². The summed E-state index contributed by atoms with van der Waals surface area (Å²) in [5.74, 6) is -1.66. The summed E-state index contributed by atoms with van der Waals surface area (Å²) in [6.45, 7) is 0.470. The average molecular weight is 432 g/mol. The van der Waals surface area contributed by atoms with Crippen LogP contribution in [0.1, 0.15) is 55.2 Å². The van der Waals surface area contributed by atoms with Gasteiger partial charge < -0.3 is 9.74 Å². The van der Waals surface area contributed by atoms with Gasteiger partial charge in [-0.05, 0) is 35.6 Å². The van der Waals surface area contributed by atoms with Gasteiger partial charge in [-0.25, -0.2) is 4.79 Å². The second-order valence-electron chi connectivity index (χ2n) is 7.82. The van der Waals surface area contributed by atoms with Crippen molar-refractivity contribution < 1.29 is 24.0 Å². The van der Waals surface area contributed by atoms with Crippen LogP contribution in [0.4, 0.5) is 5.69 Å². The Balaban J connectivity index is 1.36. The highest BCUT2D eigenvalue weighted by Gasteiger charge is 2.32. The molecule has 0 atom stereocenters. The predicted octanol–water partition coefficient (Wildman–Crippen LogP) is 3.87. The summed E-state index contributed by atoms with van der Waals surface area (Å²) in [7, 11) is 0. The summed E-state index contributed by atoms with van der Waals surface area (Å²) in [5, 5.41) is 0.551. The van der Waals surface area contributed by atoms with E-state index in [-0.39, 0.29) is 31.6 Å². The molecule has 2 aliphatic rings. The molecule has 2 heterocycles. The minimum Gasteiger partial charge on any atom is -0.330 e. The summed E-state index contributed by atoms with van der Waals surface area (Å²) >= 11 is 0. The third-order valence-electron chi connectivity index (χ3n) is 5.58. The Kier molecular flexibility index (Phi) is 6.44. The van der Waals surface area contributed by atoms with Gasteiger partial charge in [-0.1, -0.05) is 54.6 Å². The molecule has 0 bridgehead atoms. The van der Waals surface area contributed by atoms with E-state index in [2.05, 4.69) is 6.08 Å². The zero-order valence-electron chi connectivity index (χ0n) is 17.7. The second-order valence-corrected chi connectivity index (χ2v) is 7.82. The molecule has 0 saturated carbocycles. The SMILES string of the molecule is O=C(CCCCC(=O)N1Cc2ccccc2/C=C\c2ccccc21)ON1C(=O)CCC1=O. The molecule has 0 aromatic heterocycles. The monoisotopic (exact) mass is 432 g/mol. The van der Waals surface area contributed by atoms with Gasteiger partial charge in [-0.2, -0.15) is 0 Å². The number of para-hydroxylation sites is 1. The molecular weight excluding hydrogens is 408 g/mol. The Morgan fingerprint density at radius 2 is 1.44 bits per heavy atom. The fourth-order valence-corrected chi connectivity index (χ4v) is 3.86. The van der Waals surface area contributed by atoms with Gasteiger partial charge in [0.1, 0.15) is 0 Å². The van der Waals surface area contributed by atoms with Gasteiger partial charge in [-0.15, -0.1) is 5.06 Å². The molecule has 32 heavy (non-hydrogen) atoms. The summed E-state index contributed by atoms with van der Waals surface area (Å²) in [6, 6.07) is 15.8. The number of imide groups is 1. The molecule has 0 spiro atoms. The van der Waals surface area contributed by atoms with Crippen LogP contribution in [0.15, 0.2) is 48.5 Å². The zero-order valence-corrected chi connectivity index (χ0v) is 17.7. The van der Waals surface area contributed by atoms with Gasteiger partial charge in [0.2, 0.25) is 5.91 Å². The van der Waals surface area contributed by atoms with Crippen LogP contribution in [-0.2, 0) is 30.6 Å². The van der Waals surface area contributed by atoms with Crippen LogP contribution in [0.25, 0.3) is 12.2 Å². The fourth-order valence-electron chi connectivity index (χ4n) is 3.86. The van der Waals surface area contributed by atoms with Crippen molar-refractivity contribution in [2.45, 2.75) is 45.1 Å². The Hall–Kier alpha value is -3.74. The molecule has 0 aliphatic carbocycles. The van der Waals surface area contributed by atoms with Gasteiger partial charge in [0.05, 0.1) is 12.2 Å². The highest BCUT2D eigenvalue weighted by Crippen LogP contribution is 2.29. The molecule has 4 rings (SSSR count). The Morgan fingerprint density at radius 3 is 2.22 bits per heavy atom. The van der Waals surface area contributed by atoms with E-state index in [1.807, 2.05) is 54.6 Å². The van der Waals surface area contributed by atoms with Crippen molar-refractivity contribution in [2.75, 3.05) is 4.90 Å². The predicted molar refractivity (Wildman–Crippen MR) is 119 cm³/mol. The number of carbonyl (C=O) groups excluding carboxylic acids is 4. The molecule has 0 N–H and O–H groups in total. The molecule has 2 aromatic carbocycles. The van der Waals surface area contributed by atoms with Gasteiger partial charge in [0.15, 0.2) is 0 Å². The highest BCUT2D eigenvalue weighted by molar-refractivity contribution is 6.01. The van der Waals surface area contributed by atoms with E-state index in [4.69, 9.17) is 4.84 Å². The number of amides is 3. The van der Waals surface area contributed by atoms with Crippen LogP contribution in [0.3, 0.4) is 0 Å². The molecule has 2 aliphatic heterocycles. The molecule has 1 fully saturated rings. The van der Waals surface area contributed by atoms with Crippen molar-refractivity contribution >= 4 is 41.5 Å². The summed E-state index contributed by atoms with van der Waals surface area (Å²) in [4.78, 5) is 54.8. The van der Waals surface area contributed by atoms with Crippen molar-refractivity contribution in [1.82, 2.24) is 5.06 Å². The van der Waals surface area contributed by atoms with E-state index < -0.39 is 17.8 Å². The van der Waals surface area contributed by atoms with Gasteiger partial charge in [0, 0.05) is 25.7 Å². The standard InChI is InChI=1S/C25H24N2O5/c28-22(11-5-6-12-25(31)32-27-23(29)15-16-24(27)30)26-17-20-9-2-1-7-18(20)13-14-19-8-3-4-10-21(19)26/h1-4,7-10,13-14H,5-6,11-12,15-17H2/b14-13-. The number of benzene rings is 2. The maximum absolute atomic E-state index is 13.1.